The van der Waals surface area contributed by atoms with E-state index in [1.54, 1.807) is 13.3 Å². The molecule has 0 bridgehead atoms. The van der Waals surface area contributed by atoms with Gasteiger partial charge in [-0.15, -0.1) is 0 Å². The largest absolute Gasteiger partial charge is 0.481 e. The van der Waals surface area contributed by atoms with E-state index in [0.29, 0.717) is 37.2 Å². The highest BCUT2D eigenvalue weighted by molar-refractivity contribution is 5.20. The Hall–Kier alpha value is -1.99. The molecule has 7 nitrogen and oxygen atoms in total. The molecule has 0 spiro atoms. The molecule has 0 amide bonds. The number of morpholine rings is 1. The molecular weight excluding hydrogens is 260 g/mol. The van der Waals surface area contributed by atoms with E-state index >= 15 is 0 Å². The van der Waals surface area contributed by atoms with Gasteiger partial charge in [-0.05, 0) is 5.56 Å². The Morgan fingerprint density at radius 3 is 3.10 bits per heavy atom. The molecule has 0 aliphatic carbocycles. The van der Waals surface area contributed by atoms with E-state index in [1.807, 2.05) is 12.1 Å². The van der Waals surface area contributed by atoms with E-state index in [2.05, 4.69) is 20.4 Å². The summed E-state index contributed by atoms with van der Waals surface area (Å²) in [4.78, 5) is 8.52. The summed E-state index contributed by atoms with van der Waals surface area (Å²) in [5.41, 5.74) is 1.00. The van der Waals surface area contributed by atoms with Gasteiger partial charge in [0, 0.05) is 31.8 Å². The van der Waals surface area contributed by atoms with Crippen LogP contribution in [0.4, 0.5) is 0 Å². The third-order valence-electron chi connectivity index (χ3n) is 3.06. The third-order valence-corrected chi connectivity index (χ3v) is 3.06. The van der Waals surface area contributed by atoms with Crippen molar-refractivity contribution in [1.82, 2.24) is 20.4 Å². The van der Waals surface area contributed by atoms with Gasteiger partial charge in [0.2, 0.25) is 5.88 Å². The first-order chi connectivity index (χ1) is 9.85. The van der Waals surface area contributed by atoms with Crippen molar-refractivity contribution >= 4 is 0 Å². The monoisotopic (exact) mass is 276 g/mol. The number of nitrogens with one attached hydrogen (secondary N) is 1. The molecule has 20 heavy (non-hydrogen) atoms. The highest BCUT2D eigenvalue weighted by Crippen LogP contribution is 2.17. The van der Waals surface area contributed by atoms with E-state index in [4.69, 9.17) is 14.0 Å². The molecule has 1 N–H and O–H groups in total. The van der Waals surface area contributed by atoms with Crippen LogP contribution in [-0.4, -0.2) is 41.9 Å². The Morgan fingerprint density at radius 1 is 1.45 bits per heavy atom. The second-order valence-corrected chi connectivity index (χ2v) is 4.50. The minimum absolute atomic E-state index is 0.154. The first kappa shape index (κ1) is 13.0. The number of hydrogen-bond donors (Lipinski definition) is 1. The molecule has 106 valence electrons. The Labute approximate surface area is 116 Å². The van der Waals surface area contributed by atoms with Crippen molar-refractivity contribution in [2.75, 3.05) is 26.8 Å². The van der Waals surface area contributed by atoms with Crippen molar-refractivity contribution < 1.29 is 14.0 Å². The SMILES string of the molecule is COc1ccc(Cc2noc(C3CNCCO3)n2)cn1. The highest BCUT2D eigenvalue weighted by atomic mass is 16.5. The van der Waals surface area contributed by atoms with Gasteiger partial charge in [0.25, 0.3) is 5.89 Å². The zero-order valence-electron chi connectivity index (χ0n) is 11.2. The molecule has 1 atom stereocenters. The molecule has 3 heterocycles. The lowest BCUT2D eigenvalue weighted by molar-refractivity contribution is 0.00755. The minimum Gasteiger partial charge on any atom is -0.481 e. The quantitative estimate of drug-likeness (QED) is 0.881. The summed E-state index contributed by atoms with van der Waals surface area (Å²) >= 11 is 0. The molecule has 1 unspecified atom stereocenters. The summed E-state index contributed by atoms with van der Waals surface area (Å²) in [5, 5.41) is 7.20. The van der Waals surface area contributed by atoms with Gasteiger partial charge in [-0.1, -0.05) is 11.2 Å². The summed E-state index contributed by atoms with van der Waals surface area (Å²) in [6.45, 7) is 2.21. The normalized spacial score (nSPS) is 18.9. The molecule has 1 aliphatic heterocycles. The van der Waals surface area contributed by atoms with Gasteiger partial charge in [0.05, 0.1) is 13.7 Å². The fourth-order valence-corrected chi connectivity index (χ4v) is 2.01. The van der Waals surface area contributed by atoms with Crippen LogP contribution in [0.5, 0.6) is 5.88 Å². The van der Waals surface area contributed by atoms with Crippen LogP contribution in [0, 0.1) is 0 Å². The third kappa shape index (κ3) is 2.94. The van der Waals surface area contributed by atoms with E-state index in [1.165, 1.54) is 0 Å². The summed E-state index contributed by atoms with van der Waals surface area (Å²) in [7, 11) is 1.59. The number of pyridine rings is 1. The summed E-state index contributed by atoms with van der Waals surface area (Å²) in [5.74, 6) is 1.74. The maximum absolute atomic E-state index is 5.57. The van der Waals surface area contributed by atoms with Gasteiger partial charge >= 0.3 is 0 Å². The van der Waals surface area contributed by atoms with Crippen LogP contribution < -0.4 is 10.1 Å². The highest BCUT2D eigenvalue weighted by Gasteiger charge is 2.22. The van der Waals surface area contributed by atoms with Gasteiger partial charge in [0.15, 0.2) is 5.82 Å². The van der Waals surface area contributed by atoms with Crippen molar-refractivity contribution in [2.45, 2.75) is 12.5 Å². The summed E-state index contributed by atoms with van der Waals surface area (Å²) < 4.78 is 15.8. The van der Waals surface area contributed by atoms with Gasteiger partial charge < -0.3 is 19.3 Å². The molecule has 1 fully saturated rings. The average Bonchev–Trinajstić information content (AvgIpc) is 2.97. The fraction of sp³-hybridized carbons (Fsp3) is 0.462. The summed E-state index contributed by atoms with van der Waals surface area (Å²) in [6.07, 6.45) is 2.16. The molecule has 0 radical (unpaired) electrons. The Kier molecular flexibility index (Phi) is 3.89. The second kappa shape index (κ2) is 5.98. The zero-order chi connectivity index (χ0) is 13.8. The Morgan fingerprint density at radius 2 is 2.40 bits per heavy atom. The number of aromatic nitrogens is 3. The van der Waals surface area contributed by atoms with Crippen molar-refractivity contribution in [3.8, 4) is 5.88 Å². The van der Waals surface area contributed by atoms with Crippen LogP contribution in [-0.2, 0) is 11.2 Å². The number of rotatable bonds is 4. The summed E-state index contributed by atoms with van der Waals surface area (Å²) in [6, 6.07) is 3.74. The molecule has 0 aromatic carbocycles. The standard InChI is InChI=1S/C13H16N4O3/c1-18-12-3-2-9(7-15-12)6-11-16-13(20-17-11)10-8-14-4-5-19-10/h2-3,7,10,14H,4-6,8H2,1H3. The van der Waals surface area contributed by atoms with Crippen LogP contribution in [0.3, 0.4) is 0 Å². The van der Waals surface area contributed by atoms with E-state index in [9.17, 15) is 0 Å². The van der Waals surface area contributed by atoms with Gasteiger partial charge in [0.1, 0.15) is 6.10 Å². The lowest BCUT2D eigenvalue weighted by atomic mass is 10.2. The van der Waals surface area contributed by atoms with Gasteiger partial charge in [-0.3, -0.25) is 0 Å². The van der Waals surface area contributed by atoms with E-state index in [0.717, 1.165) is 12.1 Å². The molecule has 0 saturated carbocycles. The molecule has 7 heteroatoms. The number of methoxy groups -OCH3 is 1. The second-order valence-electron chi connectivity index (χ2n) is 4.50. The van der Waals surface area contributed by atoms with Crippen molar-refractivity contribution in [2.24, 2.45) is 0 Å². The van der Waals surface area contributed by atoms with E-state index in [-0.39, 0.29) is 6.10 Å². The Balaban J connectivity index is 1.66. The van der Waals surface area contributed by atoms with Crippen molar-refractivity contribution in [3.63, 3.8) is 0 Å². The zero-order valence-corrected chi connectivity index (χ0v) is 11.2. The molecule has 3 rings (SSSR count). The first-order valence-electron chi connectivity index (χ1n) is 6.49. The van der Waals surface area contributed by atoms with Gasteiger partial charge in [-0.2, -0.15) is 4.98 Å². The molecule has 1 saturated heterocycles. The van der Waals surface area contributed by atoms with Crippen LogP contribution in [0.2, 0.25) is 0 Å². The van der Waals surface area contributed by atoms with Crippen LogP contribution in [0.15, 0.2) is 22.9 Å². The molecular formula is C13H16N4O3. The molecule has 1 aliphatic rings. The number of nitrogens with zero attached hydrogens (tertiary/aromatic N) is 3. The predicted molar refractivity (Wildman–Crippen MR) is 69.5 cm³/mol. The lowest BCUT2D eigenvalue weighted by Crippen LogP contribution is -2.33. The lowest BCUT2D eigenvalue weighted by Gasteiger charge is -2.19. The van der Waals surface area contributed by atoms with Gasteiger partial charge in [-0.25, -0.2) is 4.98 Å². The van der Waals surface area contributed by atoms with Crippen LogP contribution >= 0.6 is 0 Å². The minimum atomic E-state index is -0.154. The average molecular weight is 276 g/mol. The fourth-order valence-electron chi connectivity index (χ4n) is 2.01. The molecule has 2 aromatic heterocycles. The number of ether oxygens (including phenoxy) is 2. The van der Waals surface area contributed by atoms with Crippen LogP contribution in [0.25, 0.3) is 0 Å². The predicted octanol–water partition coefficient (Wildman–Crippen LogP) is 0.725. The molecule has 2 aromatic rings. The van der Waals surface area contributed by atoms with Crippen molar-refractivity contribution in [1.29, 1.82) is 0 Å². The van der Waals surface area contributed by atoms with E-state index < -0.39 is 0 Å². The maximum Gasteiger partial charge on any atom is 0.257 e. The smallest absolute Gasteiger partial charge is 0.257 e. The maximum atomic E-state index is 5.57. The topological polar surface area (TPSA) is 82.3 Å². The van der Waals surface area contributed by atoms with Crippen molar-refractivity contribution in [3.05, 3.63) is 35.6 Å². The number of hydrogen-bond acceptors (Lipinski definition) is 7. The first-order valence-corrected chi connectivity index (χ1v) is 6.49. The Bertz CT molecular complexity index is 549. The van der Waals surface area contributed by atoms with Crippen LogP contribution in [0.1, 0.15) is 23.4 Å².